The molecule has 0 aliphatic rings. The van der Waals surface area contributed by atoms with Crippen LogP contribution in [-0.4, -0.2) is 19.7 Å². The lowest BCUT2D eigenvalue weighted by molar-refractivity contribution is 0.107. The van der Waals surface area contributed by atoms with E-state index < -0.39 is 0 Å². The number of hydrogen-bond donors (Lipinski definition) is 2. The fraction of sp³-hybridized carbons (Fsp3) is 0.500. The summed E-state index contributed by atoms with van der Waals surface area (Å²) < 4.78 is 0. The van der Waals surface area contributed by atoms with Crippen LogP contribution in [0, 0.1) is 0 Å². The highest BCUT2D eigenvalue weighted by atomic mass is 16.6. The van der Waals surface area contributed by atoms with E-state index in [1.807, 2.05) is 0 Å². The van der Waals surface area contributed by atoms with Crippen molar-refractivity contribution in [2.75, 3.05) is 13.7 Å². The summed E-state index contributed by atoms with van der Waals surface area (Å²) in [6.45, 7) is 7.17. The largest absolute Gasteiger partial charge is 0.338 e. The van der Waals surface area contributed by atoms with Gasteiger partial charge in [-0.2, -0.15) is 0 Å². The first kappa shape index (κ1) is 14.5. The number of urea groups is 1. The number of amides is 2. The molecule has 0 unspecified atom stereocenters. The van der Waals surface area contributed by atoms with Crippen LogP contribution in [0.2, 0.25) is 0 Å². The van der Waals surface area contributed by atoms with Crippen molar-refractivity contribution in [2.24, 2.45) is 0 Å². The summed E-state index contributed by atoms with van der Waals surface area (Å²) in [5, 5.41) is 2.70. The van der Waals surface area contributed by atoms with Gasteiger partial charge in [-0.15, -0.1) is 0 Å². The highest BCUT2D eigenvalue weighted by molar-refractivity contribution is 5.72. The predicted octanol–water partition coefficient (Wildman–Crippen LogP) is 2.39. The van der Waals surface area contributed by atoms with E-state index in [2.05, 4.69) is 60.7 Å². The minimum atomic E-state index is -0.316. The predicted molar refractivity (Wildman–Crippen MR) is 72.4 cm³/mol. The molecule has 1 rings (SSSR count). The molecule has 2 amide bonds. The van der Waals surface area contributed by atoms with E-state index in [1.165, 1.54) is 18.2 Å². The zero-order valence-electron chi connectivity index (χ0n) is 11.5. The zero-order chi connectivity index (χ0) is 13.6. The summed E-state index contributed by atoms with van der Waals surface area (Å²) in [5.41, 5.74) is 4.91. The molecule has 100 valence electrons. The zero-order valence-corrected chi connectivity index (χ0v) is 11.5. The fourth-order valence-electron chi connectivity index (χ4n) is 1.62. The molecule has 1 aromatic carbocycles. The molecule has 1 aromatic rings. The average Bonchev–Trinajstić information content (AvgIpc) is 2.29. The Balaban J connectivity index is 2.42. The number of hydrogen-bond acceptors (Lipinski definition) is 2. The van der Waals surface area contributed by atoms with Crippen LogP contribution in [0.4, 0.5) is 4.79 Å². The van der Waals surface area contributed by atoms with Gasteiger partial charge in [-0.3, -0.25) is 4.84 Å². The van der Waals surface area contributed by atoms with Crippen LogP contribution < -0.4 is 10.8 Å². The van der Waals surface area contributed by atoms with Crippen molar-refractivity contribution in [3.05, 3.63) is 35.4 Å². The Kier molecular flexibility index (Phi) is 5.16. The summed E-state index contributed by atoms with van der Waals surface area (Å²) in [7, 11) is 1.41. The monoisotopic (exact) mass is 250 g/mol. The second kappa shape index (κ2) is 6.40. The Bertz CT molecular complexity index is 380. The van der Waals surface area contributed by atoms with Crippen LogP contribution in [0.5, 0.6) is 0 Å². The molecule has 0 bridgehead atoms. The van der Waals surface area contributed by atoms with Gasteiger partial charge in [0.1, 0.15) is 0 Å². The maximum absolute atomic E-state index is 11.1. The van der Waals surface area contributed by atoms with Crippen molar-refractivity contribution in [2.45, 2.75) is 32.6 Å². The van der Waals surface area contributed by atoms with Gasteiger partial charge in [0.2, 0.25) is 0 Å². The number of carbonyl (C=O) groups excluding carboxylic acids is 1. The van der Waals surface area contributed by atoms with E-state index >= 15 is 0 Å². The Hall–Kier alpha value is -1.55. The molecule has 0 saturated heterocycles. The number of carbonyl (C=O) groups is 1. The van der Waals surface area contributed by atoms with Gasteiger partial charge in [-0.1, -0.05) is 45.0 Å². The molecule has 2 N–H and O–H groups in total. The molecule has 0 radical (unpaired) electrons. The van der Waals surface area contributed by atoms with Crippen molar-refractivity contribution in [3.8, 4) is 0 Å². The van der Waals surface area contributed by atoms with E-state index in [-0.39, 0.29) is 11.4 Å². The molecule has 0 atom stereocenters. The lowest BCUT2D eigenvalue weighted by atomic mass is 9.86. The number of rotatable bonds is 4. The van der Waals surface area contributed by atoms with Gasteiger partial charge in [0.15, 0.2) is 0 Å². The first-order valence-corrected chi connectivity index (χ1v) is 6.09. The topological polar surface area (TPSA) is 50.4 Å². The number of hydroxylamine groups is 1. The van der Waals surface area contributed by atoms with E-state index in [9.17, 15) is 4.79 Å². The first-order valence-electron chi connectivity index (χ1n) is 6.09. The number of nitrogens with one attached hydrogen (secondary N) is 2. The minimum Gasteiger partial charge on any atom is -0.336 e. The second-order valence-corrected chi connectivity index (χ2v) is 5.26. The third kappa shape index (κ3) is 4.75. The van der Waals surface area contributed by atoms with Crippen LogP contribution in [0.15, 0.2) is 24.3 Å². The smallest absolute Gasteiger partial charge is 0.336 e. The minimum absolute atomic E-state index is 0.176. The van der Waals surface area contributed by atoms with Gasteiger partial charge in [-0.25, -0.2) is 10.3 Å². The van der Waals surface area contributed by atoms with Crippen molar-refractivity contribution in [3.63, 3.8) is 0 Å². The normalized spacial score (nSPS) is 11.1. The van der Waals surface area contributed by atoms with Crippen molar-refractivity contribution < 1.29 is 9.63 Å². The van der Waals surface area contributed by atoms with Crippen LogP contribution in [0.3, 0.4) is 0 Å². The molecule has 4 nitrogen and oxygen atoms in total. The lowest BCUT2D eigenvalue weighted by Crippen LogP contribution is -2.35. The van der Waals surface area contributed by atoms with Gasteiger partial charge in [0.25, 0.3) is 0 Å². The summed E-state index contributed by atoms with van der Waals surface area (Å²) in [4.78, 5) is 15.6. The average molecular weight is 250 g/mol. The fourth-order valence-corrected chi connectivity index (χ4v) is 1.62. The Morgan fingerprint density at radius 3 is 2.33 bits per heavy atom. The van der Waals surface area contributed by atoms with Gasteiger partial charge < -0.3 is 5.32 Å². The van der Waals surface area contributed by atoms with Crippen LogP contribution in [-0.2, 0) is 16.7 Å². The standard InChI is InChI=1S/C14H22N2O2/c1-14(2,3)12-7-5-11(6-8-12)9-10-15-13(17)16-18-4/h5-8H,9-10H2,1-4H3,(H2,15,16,17). The second-order valence-electron chi connectivity index (χ2n) is 5.26. The molecular formula is C14H22N2O2. The lowest BCUT2D eigenvalue weighted by Gasteiger charge is -2.19. The maximum atomic E-state index is 11.1. The molecule has 0 spiro atoms. The molecule has 0 aliphatic carbocycles. The van der Waals surface area contributed by atoms with E-state index in [4.69, 9.17) is 0 Å². The summed E-state index contributed by atoms with van der Waals surface area (Å²) >= 11 is 0. The molecule has 0 aliphatic heterocycles. The molecule has 0 aromatic heterocycles. The maximum Gasteiger partial charge on any atom is 0.338 e. The highest BCUT2D eigenvalue weighted by Crippen LogP contribution is 2.22. The third-order valence-corrected chi connectivity index (χ3v) is 2.71. The van der Waals surface area contributed by atoms with Gasteiger partial charge in [0.05, 0.1) is 7.11 Å². The van der Waals surface area contributed by atoms with Crippen LogP contribution >= 0.6 is 0 Å². The van der Waals surface area contributed by atoms with Crippen LogP contribution in [0.1, 0.15) is 31.9 Å². The summed E-state index contributed by atoms with van der Waals surface area (Å²) in [6.07, 6.45) is 0.807. The Morgan fingerprint density at radius 2 is 1.83 bits per heavy atom. The van der Waals surface area contributed by atoms with Crippen molar-refractivity contribution in [1.29, 1.82) is 0 Å². The molecule has 18 heavy (non-hydrogen) atoms. The van der Waals surface area contributed by atoms with Crippen molar-refractivity contribution in [1.82, 2.24) is 10.8 Å². The van der Waals surface area contributed by atoms with E-state index in [0.29, 0.717) is 6.54 Å². The molecular weight excluding hydrogens is 228 g/mol. The molecule has 0 fully saturated rings. The number of benzene rings is 1. The molecule has 4 heteroatoms. The molecule has 0 saturated carbocycles. The third-order valence-electron chi connectivity index (χ3n) is 2.71. The van der Waals surface area contributed by atoms with Gasteiger partial charge >= 0.3 is 6.03 Å². The summed E-state index contributed by atoms with van der Waals surface area (Å²) in [6, 6.07) is 8.19. The quantitative estimate of drug-likeness (QED) is 0.806. The van der Waals surface area contributed by atoms with Gasteiger partial charge in [-0.05, 0) is 23.0 Å². The Morgan fingerprint density at radius 1 is 1.22 bits per heavy atom. The van der Waals surface area contributed by atoms with E-state index in [1.54, 1.807) is 0 Å². The van der Waals surface area contributed by atoms with Crippen molar-refractivity contribution >= 4 is 6.03 Å². The van der Waals surface area contributed by atoms with E-state index in [0.717, 1.165) is 6.42 Å². The first-order chi connectivity index (χ1) is 8.43. The Labute approximate surface area is 109 Å². The highest BCUT2D eigenvalue weighted by Gasteiger charge is 2.12. The SMILES string of the molecule is CONC(=O)NCCc1ccc(C(C)(C)C)cc1. The summed E-state index contributed by atoms with van der Waals surface area (Å²) in [5.74, 6) is 0. The molecule has 0 heterocycles. The van der Waals surface area contributed by atoms with Crippen LogP contribution in [0.25, 0.3) is 0 Å². The van der Waals surface area contributed by atoms with Gasteiger partial charge in [0, 0.05) is 6.54 Å².